The van der Waals surface area contributed by atoms with E-state index < -0.39 is 0 Å². The molecule has 1 saturated carbocycles. The predicted molar refractivity (Wildman–Crippen MR) is 130 cm³/mol. The molecule has 5 rings (SSSR count). The van der Waals surface area contributed by atoms with Gasteiger partial charge < -0.3 is 14.8 Å². The van der Waals surface area contributed by atoms with Crippen LogP contribution in [0.15, 0.2) is 12.1 Å². The average molecular weight is 470 g/mol. The van der Waals surface area contributed by atoms with Gasteiger partial charge in [0.25, 0.3) is 0 Å². The number of rotatable bonds is 6. The van der Waals surface area contributed by atoms with Crippen molar-refractivity contribution in [3.63, 3.8) is 0 Å². The number of nitrogens with one attached hydrogen (secondary N) is 1. The van der Waals surface area contributed by atoms with E-state index in [1.165, 1.54) is 12.8 Å². The minimum absolute atomic E-state index is 0.0565. The number of hydrogen-bond donors (Lipinski definition) is 1. The topological polar surface area (TPSA) is 90.2 Å². The van der Waals surface area contributed by atoms with Crippen LogP contribution in [0.3, 0.4) is 0 Å². The van der Waals surface area contributed by atoms with Gasteiger partial charge in [0.1, 0.15) is 23.1 Å². The van der Waals surface area contributed by atoms with Crippen LogP contribution in [0.5, 0.6) is 0 Å². The van der Waals surface area contributed by atoms with Crippen LogP contribution in [-0.4, -0.2) is 81.0 Å². The van der Waals surface area contributed by atoms with E-state index >= 15 is 0 Å². The number of aromatic nitrogens is 5. The highest BCUT2D eigenvalue weighted by atomic mass is 16.6. The van der Waals surface area contributed by atoms with Gasteiger partial charge in [-0.25, -0.2) is 4.98 Å². The number of ether oxygens (including phenoxy) is 2. The Hall–Kier alpha value is -2.10. The van der Waals surface area contributed by atoms with Crippen molar-refractivity contribution in [2.45, 2.75) is 77.4 Å². The number of nitrogens with zero attached hydrogens (tertiary/aromatic N) is 6. The molecule has 1 spiro atoms. The third-order valence-electron chi connectivity index (χ3n) is 7.67. The molecule has 2 aromatic rings. The first-order valence-electron chi connectivity index (χ1n) is 12.8. The van der Waals surface area contributed by atoms with Crippen LogP contribution in [0.25, 0.3) is 5.82 Å². The standard InChI is InChI=1S/C25H39N7O2/c1-18(2)23-26-19(3)30-32(23)22-6-5-21(28-29-22)27-20-7-9-24(4,10-8-20)15-31-12-11-25(16-31)17-33-13-14-34-25/h5-6,18,20H,7-17H2,1-4H3,(H,27,28). The molecule has 0 bridgehead atoms. The van der Waals surface area contributed by atoms with E-state index in [0.717, 1.165) is 76.2 Å². The summed E-state index contributed by atoms with van der Waals surface area (Å²) in [6, 6.07) is 4.42. The maximum atomic E-state index is 6.12. The first kappa shape index (κ1) is 23.6. The van der Waals surface area contributed by atoms with Crippen LogP contribution in [0.2, 0.25) is 0 Å². The van der Waals surface area contributed by atoms with Gasteiger partial charge >= 0.3 is 0 Å². The van der Waals surface area contributed by atoms with Gasteiger partial charge in [0.05, 0.1) is 19.8 Å². The van der Waals surface area contributed by atoms with E-state index in [2.05, 4.69) is 51.3 Å². The van der Waals surface area contributed by atoms with Crippen LogP contribution in [0, 0.1) is 12.3 Å². The first-order valence-corrected chi connectivity index (χ1v) is 12.8. The highest BCUT2D eigenvalue weighted by Gasteiger charge is 2.43. The molecule has 3 fully saturated rings. The molecule has 34 heavy (non-hydrogen) atoms. The number of anilines is 1. The van der Waals surface area contributed by atoms with Crippen LogP contribution >= 0.6 is 0 Å². The lowest BCUT2D eigenvalue weighted by Gasteiger charge is -2.41. The molecule has 0 amide bonds. The molecule has 2 aromatic heterocycles. The number of aryl methyl sites for hydroxylation is 1. The fourth-order valence-corrected chi connectivity index (χ4v) is 5.77. The van der Waals surface area contributed by atoms with Crippen molar-refractivity contribution < 1.29 is 9.47 Å². The van der Waals surface area contributed by atoms with Crippen molar-refractivity contribution in [3.05, 3.63) is 23.8 Å². The molecule has 9 nitrogen and oxygen atoms in total. The molecular weight excluding hydrogens is 430 g/mol. The van der Waals surface area contributed by atoms with Crippen molar-refractivity contribution in [1.82, 2.24) is 29.9 Å². The third kappa shape index (κ3) is 5.11. The quantitative estimate of drug-likeness (QED) is 0.689. The Kier molecular flexibility index (Phi) is 6.61. The number of likely N-dealkylation sites (tertiary alicyclic amines) is 1. The largest absolute Gasteiger partial charge is 0.376 e. The minimum Gasteiger partial charge on any atom is -0.376 e. The van der Waals surface area contributed by atoms with Gasteiger partial charge in [-0.2, -0.15) is 4.68 Å². The number of hydrogen-bond acceptors (Lipinski definition) is 8. The van der Waals surface area contributed by atoms with Gasteiger partial charge in [-0.3, -0.25) is 4.90 Å². The lowest BCUT2D eigenvalue weighted by Crippen LogP contribution is -2.47. The SMILES string of the molecule is Cc1nc(C(C)C)n(-c2ccc(NC3CCC(C)(CN4CCC5(COCCO5)C4)CC3)nn2)n1. The summed E-state index contributed by atoms with van der Waals surface area (Å²) in [6.07, 6.45) is 5.82. The molecule has 1 aliphatic carbocycles. The zero-order chi connectivity index (χ0) is 23.8. The minimum atomic E-state index is -0.0565. The summed E-state index contributed by atoms with van der Waals surface area (Å²) in [5, 5.41) is 17.0. The summed E-state index contributed by atoms with van der Waals surface area (Å²) in [5.74, 6) is 3.47. The van der Waals surface area contributed by atoms with Gasteiger partial charge in [0.2, 0.25) is 0 Å². The molecule has 2 saturated heterocycles. The second kappa shape index (κ2) is 9.51. The maximum Gasteiger partial charge on any atom is 0.177 e. The van der Waals surface area contributed by atoms with Crippen molar-refractivity contribution in [1.29, 1.82) is 0 Å². The van der Waals surface area contributed by atoms with E-state index in [1.54, 1.807) is 4.68 Å². The van der Waals surface area contributed by atoms with Crippen molar-refractivity contribution in [2.75, 3.05) is 44.8 Å². The van der Waals surface area contributed by atoms with Crippen LogP contribution in [0.4, 0.5) is 5.82 Å². The molecule has 2 aliphatic heterocycles. The zero-order valence-corrected chi connectivity index (χ0v) is 21.1. The fourth-order valence-electron chi connectivity index (χ4n) is 5.77. The predicted octanol–water partition coefficient (Wildman–Crippen LogP) is 3.34. The second-order valence-corrected chi connectivity index (χ2v) is 11.1. The van der Waals surface area contributed by atoms with Gasteiger partial charge in [-0.15, -0.1) is 15.3 Å². The smallest absolute Gasteiger partial charge is 0.177 e. The normalized spacial score (nSPS) is 30.3. The van der Waals surface area contributed by atoms with Crippen LogP contribution < -0.4 is 5.32 Å². The lowest BCUT2D eigenvalue weighted by molar-refractivity contribution is -0.150. The van der Waals surface area contributed by atoms with Crippen molar-refractivity contribution in [2.24, 2.45) is 5.41 Å². The monoisotopic (exact) mass is 469 g/mol. The summed E-state index contributed by atoms with van der Waals surface area (Å²) in [5.41, 5.74) is 0.298. The highest BCUT2D eigenvalue weighted by Crippen LogP contribution is 2.39. The van der Waals surface area contributed by atoms with Gasteiger partial charge in [-0.05, 0) is 56.6 Å². The van der Waals surface area contributed by atoms with Crippen molar-refractivity contribution in [3.8, 4) is 5.82 Å². The van der Waals surface area contributed by atoms with E-state index in [4.69, 9.17) is 9.47 Å². The van der Waals surface area contributed by atoms with Crippen molar-refractivity contribution >= 4 is 5.82 Å². The fraction of sp³-hybridized carbons (Fsp3) is 0.760. The Bertz CT molecular complexity index is 960. The van der Waals surface area contributed by atoms with E-state index in [0.29, 0.717) is 17.3 Å². The molecule has 4 heterocycles. The molecule has 186 valence electrons. The first-order chi connectivity index (χ1) is 16.3. The van der Waals surface area contributed by atoms with Crippen LogP contribution in [-0.2, 0) is 9.47 Å². The van der Waals surface area contributed by atoms with Gasteiger partial charge in [0.15, 0.2) is 5.82 Å². The third-order valence-corrected chi connectivity index (χ3v) is 7.67. The molecule has 0 radical (unpaired) electrons. The molecular formula is C25H39N7O2. The molecule has 1 atom stereocenters. The zero-order valence-electron chi connectivity index (χ0n) is 21.1. The van der Waals surface area contributed by atoms with E-state index in [-0.39, 0.29) is 11.5 Å². The Morgan fingerprint density at radius 2 is 1.97 bits per heavy atom. The Morgan fingerprint density at radius 3 is 2.65 bits per heavy atom. The summed E-state index contributed by atoms with van der Waals surface area (Å²) in [6.45, 7) is 14.1. The Labute approximate surface area is 202 Å². The molecule has 3 aliphatic rings. The van der Waals surface area contributed by atoms with Gasteiger partial charge in [0, 0.05) is 31.6 Å². The van der Waals surface area contributed by atoms with Crippen LogP contribution in [0.1, 0.15) is 70.4 Å². The molecule has 9 heteroatoms. The van der Waals surface area contributed by atoms with Gasteiger partial charge in [-0.1, -0.05) is 20.8 Å². The summed E-state index contributed by atoms with van der Waals surface area (Å²) >= 11 is 0. The van der Waals surface area contributed by atoms with E-state index in [9.17, 15) is 0 Å². The maximum absolute atomic E-state index is 6.12. The second-order valence-electron chi connectivity index (χ2n) is 11.1. The summed E-state index contributed by atoms with van der Waals surface area (Å²) in [4.78, 5) is 7.13. The lowest BCUT2D eigenvalue weighted by atomic mass is 9.73. The molecule has 0 aromatic carbocycles. The van der Waals surface area contributed by atoms with E-state index in [1.807, 2.05) is 19.1 Å². The summed E-state index contributed by atoms with van der Waals surface area (Å²) < 4.78 is 13.6. The Morgan fingerprint density at radius 1 is 1.15 bits per heavy atom. The average Bonchev–Trinajstić information content (AvgIpc) is 3.40. The molecule has 1 N–H and O–H groups in total. The Balaban J connectivity index is 1.13. The summed E-state index contributed by atoms with van der Waals surface area (Å²) in [7, 11) is 0. The molecule has 1 unspecified atom stereocenters. The highest BCUT2D eigenvalue weighted by molar-refractivity contribution is 5.37.